The highest BCUT2D eigenvalue weighted by Crippen LogP contribution is 2.10. The van der Waals surface area contributed by atoms with Crippen molar-refractivity contribution in [3.8, 4) is 0 Å². The second-order valence-corrected chi connectivity index (χ2v) is 5.22. The maximum atomic E-state index is 11.9. The molecule has 0 bridgehead atoms. The Bertz CT molecular complexity index is 672. The first-order valence-corrected chi connectivity index (χ1v) is 7.36. The Kier molecular flexibility index (Phi) is 6.06. The van der Waals surface area contributed by atoms with Gasteiger partial charge in [-0.3, -0.25) is 10.2 Å². The minimum atomic E-state index is -0.0378. The molecule has 0 unspecified atom stereocenters. The second-order valence-electron chi connectivity index (χ2n) is 4.38. The van der Waals surface area contributed by atoms with Crippen LogP contribution in [-0.4, -0.2) is 17.1 Å². The molecule has 0 spiro atoms. The molecule has 0 aliphatic rings. The van der Waals surface area contributed by atoms with Crippen molar-refractivity contribution in [3.63, 3.8) is 0 Å². The molecular weight excluding hydrogens is 318 g/mol. The van der Waals surface area contributed by atoms with Crippen LogP contribution in [0.2, 0.25) is 5.02 Å². The maximum absolute atomic E-state index is 11.9. The molecule has 0 radical (unpaired) electrons. The second kappa shape index (κ2) is 8.26. The number of rotatable bonds is 5. The number of hydrogen-bond acceptors (Lipinski definition) is 3. The maximum Gasteiger partial charge on any atom is 0.191 e. The van der Waals surface area contributed by atoms with Gasteiger partial charge in [-0.05, 0) is 48.6 Å². The fourth-order valence-corrected chi connectivity index (χ4v) is 1.96. The largest absolute Gasteiger partial charge is 0.331 e. The van der Waals surface area contributed by atoms with E-state index in [-0.39, 0.29) is 12.2 Å². The van der Waals surface area contributed by atoms with E-state index in [0.717, 1.165) is 5.69 Å². The summed E-state index contributed by atoms with van der Waals surface area (Å²) in [4.78, 5) is 11.9. The van der Waals surface area contributed by atoms with Crippen LogP contribution < -0.4 is 10.7 Å². The quantitative estimate of drug-likeness (QED) is 0.378. The predicted octanol–water partition coefficient (Wildman–Crippen LogP) is 3.89. The summed E-state index contributed by atoms with van der Waals surface area (Å²) >= 11 is 10.9. The van der Waals surface area contributed by atoms with Gasteiger partial charge in [0.25, 0.3) is 0 Å². The van der Waals surface area contributed by atoms with E-state index in [9.17, 15) is 4.79 Å². The molecule has 0 heterocycles. The van der Waals surface area contributed by atoms with E-state index in [1.54, 1.807) is 24.3 Å². The van der Waals surface area contributed by atoms with Gasteiger partial charge in [0.2, 0.25) is 0 Å². The third-order valence-corrected chi connectivity index (χ3v) is 3.18. The number of anilines is 1. The van der Waals surface area contributed by atoms with Gasteiger partial charge in [0.05, 0.1) is 0 Å². The summed E-state index contributed by atoms with van der Waals surface area (Å²) in [5.74, 6) is -0.0378. The number of carbonyl (C=O) groups excluding carboxylic acids is 1. The molecule has 2 aromatic carbocycles. The van der Waals surface area contributed by atoms with E-state index in [0.29, 0.717) is 15.7 Å². The summed E-state index contributed by atoms with van der Waals surface area (Å²) in [6.07, 6.45) is 1.67. The number of thiocarbonyl (C=S) groups is 1. The fraction of sp³-hybridized carbons (Fsp3) is 0.0625. The predicted molar refractivity (Wildman–Crippen MR) is 94.7 cm³/mol. The fourth-order valence-electron chi connectivity index (χ4n) is 1.67. The highest BCUT2D eigenvalue weighted by atomic mass is 35.5. The molecule has 0 aromatic heterocycles. The number of nitrogens with zero attached hydrogens (tertiary/aromatic N) is 1. The minimum absolute atomic E-state index is 0.0378. The van der Waals surface area contributed by atoms with Gasteiger partial charge >= 0.3 is 0 Å². The monoisotopic (exact) mass is 331 g/mol. The average Bonchev–Trinajstić information content (AvgIpc) is 2.53. The van der Waals surface area contributed by atoms with Gasteiger partial charge < -0.3 is 5.32 Å². The van der Waals surface area contributed by atoms with Crippen LogP contribution in [0.3, 0.4) is 0 Å². The van der Waals surface area contributed by atoms with E-state index in [1.807, 2.05) is 30.3 Å². The van der Waals surface area contributed by atoms with Crippen molar-refractivity contribution in [2.24, 2.45) is 5.10 Å². The molecule has 112 valence electrons. The molecule has 6 heteroatoms. The van der Waals surface area contributed by atoms with Gasteiger partial charge in [-0.2, -0.15) is 5.10 Å². The van der Waals surface area contributed by atoms with E-state index >= 15 is 0 Å². The standard InChI is InChI=1S/C16H14ClN3OS/c17-13-8-6-12(7-9-13)15(21)10-11-18-20-16(22)19-14-4-2-1-3-5-14/h1-9,11H,10H2,(H2,19,20,22). The summed E-state index contributed by atoms with van der Waals surface area (Å²) in [6.45, 7) is 0. The van der Waals surface area contributed by atoms with Crippen molar-refractivity contribution >= 4 is 46.6 Å². The summed E-state index contributed by atoms with van der Waals surface area (Å²) in [7, 11) is 0. The third kappa shape index (κ3) is 5.27. The Labute approximate surface area is 139 Å². The highest BCUT2D eigenvalue weighted by molar-refractivity contribution is 7.80. The summed E-state index contributed by atoms with van der Waals surface area (Å²) < 4.78 is 0. The number of nitrogens with one attached hydrogen (secondary N) is 2. The van der Waals surface area contributed by atoms with Gasteiger partial charge in [0.15, 0.2) is 10.9 Å². The summed E-state index contributed by atoms with van der Waals surface area (Å²) in [5, 5.41) is 7.86. The van der Waals surface area contributed by atoms with E-state index in [4.69, 9.17) is 23.8 Å². The lowest BCUT2D eigenvalue weighted by Gasteiger charge is -2.06. The first-order chi connectivity index (χ1) is 10.6. The van der Waals surface area contributed by atoms with Gasteiger partial charge in [-0.15, -0.1) is 0 Å². The number of hydrogen-bond donors (Lipinski definition) is 2. The van der Waals surface area contributed by atoms with Crippen molar-refractivity contribution < 1.29 is 4.79 Å². The van der Waals surface area contributed by atoms with Crippen LogP contribution in [0, 0.1) is 0 Å². The molecule has 0 atom stereocenters. The van der Waals surface area contributed by atoms with Gasteiger partial charge in [0, 0.05) is 28.9 Å². The number of Topliss-reactive ketones (excluding diaryl/α,β-unsaturated/α-hetero) is 1. The number of benzene rings is 2. The Balaban J connectivity index is 1.77. The zero-order chi connectivity index (χ0) is 15.8. The molecule has 2 aromatic rings. The SMILES string of the molecule is O=C(CC=NNC(=S)Nc1ccccc1)c1ccc(Cl)cc1. The molecule has 2 rings (SSSR count). The molecule has 22 heavy (non-hydrogen) atoms. The van der Waals surface area contributed by atoms with Crippen LogP contribution in [0.4, 0.5) is 5.69 Å². The molecule has 4 nitrogen and oxygen atoms in total. The number of carbonyl (C=O) groups is 1. The number of halogens is 1. The topological polar surface area (TPSA) is 53.5 Å². The molecule has 0 saturated heterocycles. The molecule has 0 amide bonds. The lowest BCUT2D eigenvalue weighted by molar-refractivity contribution is 0.100. The van der Waals surface area contributed by atoms with Crippen LogP contribution in [0.15, 0.2) is 59.7 Å². The summed E-state index contributed by atoms with van der Waals surface area (Å²) in [5.41, 5.74) is 4.13. The number of para-hydroxylation sites is 1. The lowest BCUT2D eigenvalue weighted by atomic mass is 10.1. The van der Waals surface area contributed by atoms with Crippen molar-refractivity contribution in [1.82, 2.24) is 5.43 Å². The molecule has 0 saturated carbocycles. The van der Waals surface area contributed by atoms with Crippen LogP contribution in [-0.2, 0) is 0 Å². The third-order valence-electron chi connectivity index (χ3n) is 2.73. The van der Waals surface area contributed by atoms with Crippen LogP contribution in [0.5, 0.6) is 0 Å². The first-order valence-electron chi connectivity index (χ1n) is 6.57. The van der Waals surface area contributed by atoms with Crippen molar-refractivity contribution in [1.29, 1.82) is 0 Å². The normalized spacial score (nSPS) is 10.4. The number of hydrazone groups is 1. The Hall–Kier alpha value is -2.24. The van der Waals surface area contributed by atoms with Gasteiger partial charge in [-0.25, -0.2) is 0 Å². The van der Waals surface area contributed by atoms with Crippen molar-refractivity contribution in [3.05, 3.63) is 65.2 Å². The van der Waals surface area contributed by atoms with Crippen LogP contribution in [0.25, 0.3) is 0 Å². The van der Waals surface area contributed by atoms with E-state index in [2.05, 4.69) is 15.8 Å². The van der Waals surface area contributed by atoms with Gasteiger partial charge in [-0.1, -0.05) is 29.8 Å². The molecule has 0 aliphatic heterocycles. The highest BCUT2D eigenvalue weighted by Gasteiger charge is 2.03. The van der Waals surface area contributed by atoms with Crippen LogP contribution >= 0.6 is 23.8 Å². The molecular formula is C16H14ClN3OS. The molecule has 2 N–H and O–H groups in total. The molecule has 0 aliphatic carbocycles. The van der Waals surface area contributed by atoms with Gasteiger partial charge in [0.1, 0.15) is 0 Å². The Morgan fingerprint density at radius 2 is 1.82 bits per heavy atom. The van der Waals surface area contributed by atoms with E-state index < -0.39 is 0 Å². The Morgan fingerprint density at radius 3 is 2.50 bits per heavy atom. The van der Waals surface area contributed by atoms with Crippen LogP contribution in [0.1, 0.15) is 16.8 Å². The van der Waals surface area contributed by atoms with Crippen molar-refractivity contribution in [2.45, 2.75) is 6.42 Å². The van der Waals surface area contributed by atoms with E-state index in [1.165, 1.54) is 6.21 Å². The lowest BCUT2D eigenvalue weighted by Crippen LogP contribution is -2.23. The zero-order valence-electron chi connectivity index (χ0n) is 11.6. The molecule has 0 fully saturated rings. The summed E-state index contributed by atoms with van der Waals surface area (Å²) in [6, 6.07) is 16.2. The van der Waals surface area contributed by atoms with Crippen molar-refractivity contribution in [2.75, 3.05) is 5.32 Å². The zero-order valence-corrected chi connectivity index (χ0v) is 13.2. The average molecular weight is 332 g/mol. The Morgan fingerprint density at radius 1 is 1.14 bits per heavy atom. The smallest absolute Gasteiger partial charge is 0.191 e. The first kappa shape index (κ1) is 16.1. The minimum Gasteiger partial charge on any atom is -0.331 e. The number of ketones is 1.